The Morgan fingerprint density at radius 3 is 3.12 bits per heavy atom. The second-order valence-corrected chi connectivity index (χ2v) is 6.08. The lowest BCUT2D eigenvalue weighted by atomic mass is 10.1. The molecule has 0 aromatic carbocycles. The van der Waals surface area contributed by atoms with E-state index in [1.807, 2.05) is 0 Å². The van der Waals surface area contributed by atoms with Gasteiger partial charge in [0.2, 0.25) is 0 Å². The Labute approximate surface area is 148 Å². The van der Waals surface area contributed by atoms with Gasteiger partial charge >= 0.3 is 0 Å². The number of hydrogen-bond donors (Lipinski definition) is 1. The summed E-state index contributed by atoms with van der Waals surface area (Å²) in [5.41, 5.74) is 1.32. The molecule has 3 heterocycles. The van der Waals surface area contributed by atoms with Crippen molar-refractivity contribution in [2.45, 2.75) is 19.3 Å². The minimum atomic E-state index is -0.353. The van der Waals surface area contributed by atoms with Gasteiger partial charge in [-0.1, -0.05) is 0 Å². The number of amides is 2. The lowest BCUT2D eigenvalue weighted by molar-refractivity contribution is -0.120. The van der Waals surface area contributed by atoms with E-state index >= 15 is 0 Å². The molecule has 1 atom stereocenters. The fraction of sp³-hybridized carbons (Fsp3) is 0.353. The maximum atomic E-state index is 12.3. The maximum absolute atomic E-state index is 12.3. The number of rotatable bonds is 4. The largest absolute Gasteiger partial charge is 0.463 e. The Morgan fingerprint density at radius 2 is 2.35 bits per heavy atom. The first-order chi connectivity index (χ1) is 12.7. The van der Waals surface area contributed by atoms with Crippen molar-refractivity contribution in [1.82, 2.24) is 9.78 Å². The summed E-state index contributed by atoms with van der Waals surface area (Å²) in [5, 5.41) is 7.11. The number of methoxy groups -OCH3 is 1. The number of ether oxygens (including phenoxy) is 1. The molecule has 9 nitrogen and oxygen atoms in total. The highest BCUT2D eigenvalue weighted by Crippen LogP contribution is 2.28. The number of carbonyl (C=O) groups excluding carboxylic acids is 2. The van der Waals surface area contributed by atoms with Gasteiger partial charge in [-0.3, -0.25) is 9.59 Å². The minimum Gasteiger partial charge on any atom is -0.463 e. The fourth-order valence-electron chi connectivity index (χ4n) is 3.13. The molecule has 2 amide bonds. The molecule has 0 radical (unpaired) electrons. The second-order valence-electron chi connectivity index (χ2n) is 6.08. The van der Waals surface area contributed by atoms with Crippen LogP contribution in [0.25, 0.3) is 11.5 Å². The molecule has 4 rings (SSSR count). The fourth-order valence-corrected chi connectivity index (χ4v) is 3.13. The number of aliphatic imine (C=N–C) groups is 2. The molecule has 0 bridgehead atoms. The summed E-state index contributed by atoms with van der Waals surface area (Å²) < 4.78 is 11.6. The van der Waals surface area contributed by atoms with Gasteiger partial charge in [-0.2, -0.15) is 14.8 Å². The number of nitrogens with zero attached hydrogens (tertiary/aromatic N) is 4. The molecule has 9 heteroatoms. The van der Waals surface area contributed by atoms with Crippen molar-refractivity contribution < 1.29 is 18.7 Å². The van der Waals surface area contributed by atoms with E-state index in [2.05, 4.69) is 20.4 Å². The van der Waals surface area contributed by atoms with Gasteiger partial charge in [-0.15, -0.1) is 0 Å². The van der Waals surface area contributed by atoms with E-state index in [4.69, 9.17) is 9.15 Å². The number of fused-ring (bicyclic) bond motifs is 1. The highest BCUT2D eigenvalue weighted by molar-refractivity contribution is 6.17. The summed E-state index contributed by atoms with van der Waals surface area (Å²) in [5.74, 6) is 0.227. The predicted octanol–water partition coefficient (Wildman–Crippen LogP) is 1.71. The zero-order chi connectivity index (χ0) is 18.1. The van der Waals surface area contributed by atoms with E-state index in [0.29, 0.717) is 17.3 Å². The van der Waals surface area contributed by atoms with E-state index in [1.54, 1.807) is 18.2 Å². The molecule has 0 spiro atoms. The van der Waals surface area contributed by atoms with Crippen LogP contribution in [0.3, 0.4) is 0 Å². The Morgan fingerprint density at radius 1 is 1.46 bits per heavy atom. The summed E-state index contributed by atoms with van der Waals surface area (Å²) in [6, 6.07) is 5.13. The zero-order valence-electron chi connectivity index (χ0n) is 14.1. The van der Waals surface area contributed by atoms with Crippen molar-refractivity contribution in [2.24, 2.45) is 15.9 Å². The van der Waals surface area contributed by atoms with Gasteiger partial charge < -0.3 is 14.5 Å². The first-order valence-electron chi connectivity index (χ1n) is 8.29. The van der Waals surface area contributed by atoms with Crippen molar-refractivity contribution >= 4 is 29.3 Å². The summed E-state index contributed by atoms with van der Waals surface area (Å²) in [6.45, 7) is -0.108. The highest BCUT2D eigenvalue weighted by Gasteiger charge is 2.34. The molecule has 0 saturated heterocycles. The number of hydrogen-bond acceptors (Lipinski definition) is 6. The molecule has 1 aliphatic heterocycles. The smallest absolute Gasteiger partial charge is 0.257 e. The lowest BCUT2D eigenvalue weighted by Crippen LogP contribution is -2.29. The van der Waals surface area contributed by atoms with Crippen LogP contribution in [-0.4, -0.2) is 47.0 Å². The summed E-state index contributed by atoms with van der Waals surface area (Å²) in [7, 11) is 1.43. The topological polar surface area (TPSA) is 111 Å². The average molecular weight is 355 g/mol. The highest BCUT2D eigenvalue weighted by atomic mass is 16.5. The number of aromatic nitrogens is 2. The monoisotopic (exact) mass is 355 g/mol. The van der Waals surface area contributed by atoms with Gasteiger partial charge in [0.05, 0.1) is 12.2 Å². The quantitative estimate of drug-likeness (QED) is 0.897. The van der Waals surface area contributed by atoms with Crippen LogP contribution in [-0.2, 0) is 14.3 Å². The Kier molecular flexibility index (Phi) is 4.21. The molecular formula is C17H17N5O4. The number of nitrogens with one attached hydrogen (secondary N) is 1. The molecule has 26 heavy (non-hydrogen) atoms. The van der Waals surface area contributed by atoms with Crippen molar-refractivity contribution in [3.63, 3.8) is 0 Å². The van der Waals surface area contributed by atoms with Crippen LogP contribution in [0.15, 0.2) is 38.9 Å². The molecule has 1 saturated carbocycles. The Bertz CT molecular complexity index is 910. The molecule has 1 aliphatic carbocycles. The summed E-state index contributed by atoms with van der Waals surface area (Å²) in [4.78, 5) is 32.8. The maximum Gasteiger partial charge on any atom is 0.257 e. The van der Waals surface area contributed by atoms with Gasteiger partial charge in [0.15, 0.2) is 5.76 Å². The normalized spacial score (nSPS) is 19.1. The van der Waals surface area contributed by atoms with E-state index < -0.39 is 0 Å². The van der Waals surface area contributed by atoms with Gasteiger partial charge in [0, 0.05) is 18.9 Å². The molecular weight excluding hydrogens is 338 g/mol. The minimum absolute atomic E-state index is 0.108. The zero-order valence-corrected chi connectivity index (χ0v) is 14.1. The van der Waals surface area contributed by atoms with Crippen molar-refractivity contribution in [3.05, 3.63) is 24.5 Å². The second kappa shape index (κ2) is 6.68. The first-order valence-corrected chi connectivity index (χ1v) is 8.29. The summed E-state index contributed by atoms with van der Waals surface area (Å²) >= 11 is 0. The van der Waals surface area contributed by atoms with Gasteiger partial charge in [-0.25, -0.2) is 4.99 Å². The molecule has 1 N–H and O–H groups in total. The standard InChI is InChI=1S/C17H17N5O4/c1-25-9-15(23)19-14-8-12(13-6-3-7-26-13)21-22(14)17-18-11-5-2-4-10(11)16(24)20-17/h3,6-8,10H,2,4-5,9H2,1H3,(H,19,23). The van der Waals surface area contributed by atoms with Crippen LogP contribution in [0.5, 0.6) is 0 Å². The number of anilines is 1. The van der Waals surface area contributed by atoms with Gasteiger partial charge in [0.1, 0.15) is 18.1 Å². The van der Waals surface area contributed by atoms with E-state index in [-0.39, 0.29) is 30.3 Å². The molecule has 134 valence electrons. The Hall–Kier alpha value is -3.07. The first kappa shape index (κ1) is 16.4. The molecule has 2 aromatic rings. The van der Waals surface area contributed by atoms with E-state index in [0.717, 1.165) is 25.0 Å². The third-order valence-corrected chi connectivity index (χ3v) is 4.30. The van der Waals surface area contributed by atoms with E-state index in [1.165, 1.54) is 18.1 Å². The van der Waals surface area contributed by atoms with Crippen LogP contribution in [0, 0.1) is 5.92 Å². The van der Waals surface area contributed by atoms with Crippen LogP contribution in [0.4, 0.5) is 5.82 Å². The average Bonchev–Trinajstić information content (AvgIpc) is 3.35. The van der Waals surface area contributed by atoms with Crippen LogP contribution in [0.2, 0.25) is 0 Å². The Balaban J connectivity index is 1.74. The molecule has 1 fully saturated rings. The molecule has 1 unspecified atom stereocenters. The third-order valence-electron chi connectivity index (χ3n) is 4.30. The predicted molar refractivity (Wildman–Crippen MR) is 93.1 cm³/mol. The van der Waals surface area contributed by atoms with Gasteiger partial charge in [-0.05, 0) is 31.4 Å². The number of furan rings is 1. The van der Waals surface area contributed by atoms with Crippen LogP contribution < -0.4 is 5.32 Å². The van der Waals surface area contributed by atoms with E-state index in [9.17, 15) is 9.59 Å². The third kappa shape index (κ3) is 2.97. The lowest BCUT2D eigenvalue weighted by Gasteiger charge is -2.15. The van der Waals surface area contributed by atoms with Crippen molar-refractivity contribution in [2.75, 3.05) is 19.0 Å². The van der Waals surface area contributed by atoms with Crippen molar-refractivity contribution in [1.29, 1.82) is 0 Å². The molecule has 2 aromatic heterocycles. The van der Waals surface area contributed by atoms with Gasteiger partial charge in [0.25, 0.3) is 17.8 Å². The SMILES string of the molecule is COCC(=O)Nc1cc(-c2ccco2)nn1C1=NC(=O)C2CCCC2=N1. The molecule has 2 aliphatic rings. The summed E-state index contributed by atoms with van der Waals surface area (Å²) in [6.07, 6.45) is 4.00. The van der Waals surface area contributed by atoms with Crippen LogP contribution >= 0.6 is 0 Å². The van der Waals surface area contributed by atoms with Crippen molar-refractivity contribution in [3.8, 4) is 11.5 Å². The van der Waals surface area contributed by atoms with Crippen LogP contribution in [0.1, 0.15) is 19.3 Å². The number of carbonyl (C=O) groups is 2.